The molecule has 0 radical (unpaired) electrons. The van der Waals surface area contributed by atoms with E-state index < -0.39 is 40.2 Å². The molecule has 2 aromatic heterocycles. The summed E-state index contributed by atoms with van der Waals surface area (Å²) in [5, 5.41) is 29.4. The number of hydrogen-bond donors (Lipinski definition) is 4. The lowest BCUT2D eigenvalue weighted by Crippen LogP contribution is -2.61. The number of aromatic nitrogens is 2. The van der Waals surface area contributed by atoms with Crippen molar-refractivity contribution in [1.29, 1.82) is 0 Å². The average molecular weight is 384 g/mol. The summed E-state index contributed by atoms with van der Waals surface area (Å²) in [6.45, 7) is 0. The predicted octanol–water partition coefficient (Wildman–Crippen LogP) is -0.825. The van der Waals surface area contributed by atoms with Crippen molar-refractivity contribution in [3.63, 3.8) is 0 Å². The predicted molar refractivity (Wildman–Crippen MR) is 86.3 cm³/mol. The van der Waals surface area contributed by atoms with Crippen molar-refractivity contribution in [1.82, 2.24) is 9.97 Å². The van der Waals surface area contributed by atoms with E-state index in [9.17, 15) is 23.7 Å². The fourth-order valence-corrected chi connectivity index (χ4v) is 3.24. The zero-order chi connectivity index (χ0) is 18.9. The zero-order valence-corrected chi connectivity index (χ0v) is 14.0. The standard InChI is InChI=1S/C15H16N2O8S/c18-11-12(19)14(25-15(13(11)20)26(21,22)23)24-10-5-9(6-17-7-10)8-1-3-16-4-2-8/h1-7,11-15,18-20H,(H,21,22,23)/t11-,12-,13+,14-,15?/m1/s1. The van der Waals surface area contributed by atoms with E-state index in [2.05, 4.69) is 9.97 Å². The molecule has 26 heavy (non-hydrogen) atoms. The molecule has 1 saturated heterocycles. The first kappa shape index (κ1) is 18.6. The summed E-state index contributed by atoms with van der Waals surface area (Å²) < 4.78 is 42.0. The van der Waals surface area contributed by atoms with E-state index >= 15 is 0 Å². The summed E-state index contributed by atoms with van der Waals surface area (Å²) in [6, 6.07) is 5.03. The first-order valence-electron chi connectivity index (χ1n) is 7.45. The Balaban J connectivity index is 1.84. The summed E-state index contributed by atoms with van der Waals surface area (Å²) >= 11 is 0. The molecule has 0 saturated carbocycles. The molecule has 11 heteroatoms. The minimum absolute atomic E-state index is 0.112. The van der Waals surface area contributed by atoms with Crippen LogP contribution in [-0.2, 0) is 14.9 Å². The fourth-order valence-electron chi connectivity index (χ4n) is 2.48. The Kier molecular flexibility index (Phi) is 5.18. The van der Waals surface area contributed by atoms with Crippen LogP contribution in [0, 0.1) is 0 Å². The molecule has 4 N–H and O–H groups in total. The van der Waals surface area contributed by atoms with E-state index in [1.165, 1.54) is 6.20 Å². The van der Waals surface area contributed by atoms with Gasteiger partial charge in [-0.2, -0.15) is 8.42 Å². The van der Waals surface area contributed by atoms with Crippen molar-refractivity contribution in [3.05, 3.63) is 43.0 Å². The van der Waals surface area contributed by atoms with Gasteiger partial charge in [0.25, 0.3) is 10.1 Å². The van der Waals surface area contributed by atoms with Gasteiger partial charge in [-0.05, 0) is 23.8 Å². The van der Waals surface area contributed by atoms with E-state index in [4.69, 9.17) is 14.0 Å². The number of rotatable bonds is 4. The van der Waals surface area contributed by atoms with Crippen LogP contribution in [0.2, 0.25) is 0 Å². The lowest BCUT2D eigenvalue weighted by Gasteiger charge is -2.38. The lowest BCUT2D eigenvalue weighted by atomic mass is 10.1. The number of pyridine rings is 2. The van der Waals surface area contributed by atoms with Crippen molar-refractivity contribution in [2.24, 2.45) is 0 Å². The van der Waals surface area contributed by atoms with Crippen LogP contribution in [0.5, 0.6) is 5.75 Å². The largest absolute Gasteiger partial charge is 0.460 e. The molecule has 140 valence electrons. The Morgan fingerprint density at radius 1 is 0.962 bits per heavy atom. The van der Waals surface area contributed by atoms with Crippen molar-refractivity contribution in [2.45, 2.75) is 30.0 Å². The Labute approximate surface area is 148 Å². The first-order valence-corrected chi connectivity index (χ1v) is 8.96. The van der Waals surface area contributed by atoms with Gasteiger partial charge in [-0.25, -0.2) is 0 Å². The maximum atomic E-state index is 11.3. The molecule has 3 heterocycles. The van der Waals surface area contributed by atoms with Crippen LogP contribution in [0.15, 0.2) is 43.0 Å². The molecular formula is C15H16N2O8S. The summed E-state index contributed by atoms with van der Waals surface area (Å²) in [4.78, 5) is 7.90. The number of nitrogens with zero attached hydrogens (tertiary/aromatic N) is 2. The summed E-state index contributed by atoms with van der Waals surface area (Å²) in [6.07, 6.45) is -1.34. The molecular weight excluding hydrogens is 368 g/mol. The Bertz CT molecular complexity index is 863. The van der Waals surface area contributed by atoms with E-state index in [1.54, 1.807) is 36.8 Å². The zero-order valence-electron chi connectivity index (χ0n) is 13.2. The third kappa shape index (κ3) is 3.82. The molecule has 2 aromatic rings. The van der Waals surface area contributed by atoms with Crippen LogP contribution in [0.3, 0.4) is 0 Å². The molecule has 0 aliphatic carbocycles. The van der Waals surface area contributed by atoms with Gasteiger partial charge in [0.1, 0.15) is 24.1 Å². The smallest absolute Gasteiger partial charge is 0.295 e. The molecule has 1 aliphatic heterocycles. The van der Waals surface area contributed by atoms with Gasteiger partial charge in [-0.3, -0.25) is 14.5 Å². The van der Waals surface area contributed by atoms with Gasteiger partial charge in [-0.1, -0.05) is 0 Å². The maximum Gasteiger partial charge on any atom is 0.295 e. The third-order valence-electron chi connectivity index (χ3n) is 3.80. The molecule has 5 atom stereocenters. The molecule has 0 aromatic carbocycles. The van der Waals surface area contributed by atoms with Gasteiger partial charge in [0.15, 0.2) is 0 Å². The molecule has 1 aliphatic rings. The topological polar surface area (TPSA) is 159 Å². The van der Waals surface area contributed by atoms with Crippen LogP contribution in [0.25, 0.3) is 11.1 Å². The number of aliphatic hydroxyl groups excluding tert-OH is 3. The normalized spacial score (nSPS) is 29.3. The molecule has 0 spiro atoms. The highest BCUT2D eigenvalue weighted by Crippen LogP contribution is 2.28. The second kappa shape index (κ2) is 7.23. The van der Waals surface area contributed by atoms with Gasteiger partial charge in [0, 0.05) is 24.2 Å². The van der Waals surface area contributed by atoms with Gasteiger partial charge < -0.3 is 24.8 Å². The number of ether oxygens (including phenoxy) is 2. The highest BCUT2D eigenvalue weighted by molar-refractivity contribution is 7.86. The van der Waals surface area contributed by atoms with E-state index in [1.807, 2.05) is 0 Å². The van der Waals surface area contributed by atoms with Crippen LogP contribution >= 0.6 is 0 Å². The lowest BCUT2D eigenvalue weighted by molar-refractivity contribution is -0.254. The van der Waals surface area contributed by atoms with Crippen molar-refractivity contribution in [3.8, 4) is 16.9 Å². The van der Waals surface area contributed by atoms with Gasteiger partial charge in [-0.15, -0.1) is 0 Å². The van der Waals surface area contributed by atoms with Crippen LogP contribution < -0.4 is 4.74 Å². The van der Waals surface area contributed by atoms with Gasteiger partial charge in [0.05, 0.1) is 6.20 Å². The molecule has 3 rings (SSSR count). The Hall–Kier alpha value is -2.15. The van der Waals surface area contributed by atoms with Gasteiger partial charge >= 0.3 is 0 Å². The Morgan fingerprint density at radius 2 is 1.65 bits per heavy atom. The highest BCUT2D eigenvalue weighted by atomic mass is 32.2. The average Bonchev–Trinajstić information content (AvgIpc) is 2.62. The highest BCUT2D eigenvalue weighted by Gasteiger charge is 2.50. The first-order chi connectivity index (χ1) is 12.3. The second-order valence-corrected chi connectivity index (χ2v) is 7.12. The maximum absolute atomic E-state index is 11.3. The minimum Gasteiger partial charge on any atom is -0.460 e. The van der Waals surface area contributed by atoms with E-state index in [0.717, 1.165) is 5.56 Å². The summed E-state index contributed by atoms with van der Waals surface area (Å²) in [5.74, 6) is 0.112. The summed E-state index contributed by atoms with van der Waals surface area (Å²) in [7, 11) is -4.85. The Morgan fingerprint density at radius 3 is 2.31 bits per heavy atom. The molecule has 1 fully saturated rings. The number of hydrogen-bond acceptors (Lipinski definition) is 9. The van der Waals surface area contributed by atoms with Crippen molar-refractivity contribution >= 4 is 10.1 Å². The van der Waals surface area contributed by atoms with E-state index in [-0.39, 0.29) is 5.75 Å². The van der Waals surface area contributed by atoms with Crippen LogP contribution in [0.1, 0.15) is 0 Å². The third-order valence-corrected chi connectivity index (χ3v) is 4.78. The van der Waals surface area contributed by atoms with E-state index in [0.29, 0.717) is 5.56 Å². The van der Waals surface area contributed by atoms with Crippen LogP contribution in [-0.4, -0.2) is 68.3 Å². The minimum atomic E-state index is -4.85. The van der Waals surface area contributed by atoms with Gasteiger partial charge in [0.2, 0.25) is 11.7 Å². The van der Waals surface area contributed by atoms with Crippen LogP contribution in [0.4, 0.5) is 0 Å². The number of aliphatic hydroxyl groups is 3. The molecule has 10 nitrogen and oxygen atoms in total. The van der Waals surface area contributed by atoms with Crippen molar-refractivity contribution in [2.75, 3.05) is 0 Å². The second-order valence-electron chi connectivity index (χ2n) is 5.62. The van der Waals surface area contributed by atoms with Crippen molar-refractivity contribution < 1.29 is 37.8 Å². The quantitative estimate of drug-likeness (QED) is 0.490. The fraction of sp³-hybridized carbons (Fsp3) is 0.333. The molecule has 1 unspecified atom stereocenters. The summed E-state index contributed by atoms with van der Waals surface area (Å²) in [5.41, 5.74) is -0.723. The monoisotopic (exact) mass is 384 g/mol. The SMILES string of the molecule is O=S(=O)(O)C1O[C@@H](Oc2cncc(-c3ccncc3)c2)[C@H](O)[C@@H](O)[C@@H]1O. The molecule has 0 bridgehead atoms. The molecule has 0 amide bonds.